The van der Waals surface area contributed by atoms with Crippen molar-refractivity contribution in [3.63, 3.8) is 0 Å². The van der Waals surface area contributed by atoms with Crippen molar-refractivity contribution in [3.8, 4) is 0 Å². The molecule has 0 aromatic heterocycles. The maximum absolute atomic E-state index is 11.9. The number of carbonyl (C=O) groups is 2. The summed E-state index contributed by atoms with van der Waals surface area (Å²) in [6, 6.07) is 14.2. The molecule has 0 radical (unpaired) electrons. The first-order valence-electron chi connectivity index (χ1n) is 6.60. The lowest BCUT2D eigenvalue weighted by molar-refractivity contribution is -0.120. The van der Waals surface area contributed by atoms with E-state index in [1.807, 2.05) is 18.2 Å². The molecule has 2 amide bonds. The molecule has 0 saturated carbocycles. The van der Waals surface area contributed by atoms with Gasteiger partial charge in [-0.2, -0.15) is 0 Å². The third-order valence-corrected chi connectivity index (χ3v) is 3.85. The number of carbonyl (C=O) groups excluding carboxylic acids is 2. The van der Waals surface area contributed by atoms with Gasteiger partial charge in [0.05, 0.1) is 6.54 Å². The van der Waals surface area contributed by atoms with Gasteiger partial charge in [-0.05, 0) is 35.9 Å². The molecule has 0 saturated heterocycles. The maximum atomic E-state index is 11.9. The van der Waals surface area contributed by atoms with Crippen molar-refractivity contribution in [1.29, 1.82) is 0 Å². The van der Waals surface area contributed by atoms with Gasteiger partial charge >= 0.3 is 0 Å². The molecule has 0 fully saturated rings. The van der Waals surface area contributed by atoms with Gasteiger partial charge in [0.15, 0.2) is 0 Å². The van der Waals surface area contributed by atoms with Crippen molar-refractivity contribution in [2.75, 3.05) is 6.54 Å². The summed E-state index contributed by atoms with van der Waals surface area (Å²) in [4.78, 5) is 23.6. The molecule has 2 rings (SSSR count). The lowest BCUT2D eigenvalue weighted by atomic mass is 10.2. The van der Waals surface area contributed by atoms with Crippen LogP contribution in [0, 0.1) is 0 Å². The third-order valence-electron chi connectivity index (χ3n) is 2.95. The van der Waals surface area contributed by atoms with Crippen LogP contribution in [-0.4, -0.2) is 18.4 Å². The fourth-order valence-electron chi connectivity index (χ4n) is 1.76. The molecule has 0 aliphatic heterocycles. The Morgan fingerprint density at radius 2 is 1.68 bits per heavy atom. The predicted octanol–water partition coefficient (Wildman–Crippen LogP) is 3.15. The molecule has 2 aromatic rings. The quantitative estimate of drug-likeness (QED) is 0.836. The SMILES string of the molecule is O=C(CNC(=O)c1ccc(Br)cc1)NCc1ccccc1Cl. The van der Waals surface area contributed by atoms with E-state index in [1.54, 1.807) is 30.3 Å². The van der Waals surface area contributed by atoms with Crippen molar-refractivity contribution < 1.29 is 9.59 Å². The number of hydrogen-bond acceptors (Lipinski definition) is 2. The third kappa shape index (κ3) is 4.86. The number of benzene rings is 2. The highest BCUT2D eigenvalue weighted by Gasteiger charge is 2.08. The second kappa shape index (κ2) is 7.96. The summed E-state index contributed by atoms with van der Waals surface area (Å²) < 4.78 is 0.890. The number of halogens is 2. The Bertz CT molecular complexity index is 674. The zero-order chi connectivity index (χ0) is 15.9. The van der Waals surface area contributed by atoms with Crippen LogP contribution in [0.4, 0.5) is 0 Å². The van der Waals surface area contributed by atoms with Gasteiger partial charge in [-0.25, -0.2) is 0 Å². The minimum atomic E-state index is -0.291. The van der Waals surface area contributed by atoms with Crippen LogP contribution >= 0.6 is 27.5 Å². The predicted molar refractivity (Wildman–Crippen MR) is 89.8 cm³/mol. The first-order valence-corrected chi connectivity index (χ1v) is 7.77. The van der Waals surface area contributed by atoms with Gasteiger partial charge in [-0.15, -0.1) is 0 Å². The molecule has 0 atom stereocenters. The van der Waals surface area contributed by atoms with Crippen LogP contribution in [0.2, 0.25) is 5.02 Å². The molecular weight excluding hydrogens is 368 g/mol. The Labute approximate surface area is 142 Å². The molecular formula is C16H14BrClN2O2. The van der Waals surface area contributed by atoms with Crippen LogP contribution in [0.5, 0.6) is 0 Å². The number of hydrogen-bond donors (Lipinski definition) is 2. The van der Waals surface area contributed by atoms with Gasteiger partial charge in [0.2, 0.25) is 5.91 Å². The average molecular weight is 382 g/mol. The van der Waals surface area contributed by atoms with E-state index in [1.165, 1.54) is 0 Å². The summed E-state index contributed by atoms with van der Waals surface area (Å²) in [7, 11) is 0. The van der Waals surface area contributed by atoms with Crippen LogP contribution in [0.15, 0.2) is 53.0 Å². The zero-order valence-electron chi connectivity index (χ0n) is 11.6. The van der Waals surface area contributed by atoms with Crippen LogP contribution in [-0.2, 0) is 11.3 Å². The topological polar surface area (TPSA) is 58.2 Å². The summed E-state index contributed by atoms with van der Waals surface area (Å²) >= 11 is 9.30. The molecule has 0 bridgehead atoms. The lowest BCUT2D eigenvalue weighted by Crippen LogP contribution is -2.36. The van der Waals surface area contributed by atoms with Crippen LogP contribution in [0.25, 0.3) is 0 Å². The Hall–Kier alpha value is -1.85. The van der Waals surface area contributed by atoms with Gasteiger partial charge in [-0.3, -0.25) is 9.59 Å². The second-order valence-corrected chi connectivity index (χ2v) is 5.88. The van der Waals surface area contributed by atoms with Crippen molar-refractivity contribution in [2.45, 2.75) is 6.54 Å². The van der Waals surface area contributed by atoms with Crippen LogP contribution in [0.1, 0.15) is 15.9 Å². The van der Waals surface area contributed by atoms with Crippen molar-refractivity contribution in [3.05, 3.63) is 69.2 Å². The molecule has 6 heteroatoms. The van der Waals surface area contributed by atoms with Gasteiger partial charge < -0.3 is 10.6 Å². The van der Waals surface area contributed by atoms with Crippen molar-refractivity contribution >= 4 is 39.3 Å². The fourth-order valence-corrected chi connectivity index (χ4v) is 2.23. The van der Waals surface area contributed by atoms with E-state index in [2.05, 4.69) is 26.6 Å². The molecule has 0 heterocycles. The van der Waals surface area contributed by atoms with Crippen LogP contribution < -0.4 is 10.6 Å². The van der Waals surface area contributed by atoms with Gasteiger partial charge in [0.25, 0.3) is 5.91 Å². The van der Waals surface area contributed by atoms with E-state index in [9.17, 15) is 9.59 Å². The molecule has 0 unspecified atom stereocenters. The average Bonchev–Trinajstić information content (AvgIpc) is 2.52. The Morgan fingerprint density at radius 3 is 2.36 bits per heavy atom. The van der Waals surface area contributed by atoms with E-state index in [4.69, 9.17) is 11.6 Å². The highest BCUT2D eigenvalue weighted by atomic mass is 79.9. The smallest absolute Gasteiger partial charge is 0.251 e. The molecule has 22 heavy (non-hydrogen) atoms. The minimum absolute atomic E-state index is 0.0840. The van der Waals surface area contributed by atoms with E-state index >= 15 is 0 Å². The Morgan fingerprint density at radius 1 is 1.00 bits per heavy atom. The summed E-state index contributed by atoms with van der Waals surface area (Å²) in [5, 5.41) is 5.88. The number of nitrogens with one attached hydrogen (secondary N) is 2. The summed E-state index contributed by atoms with van der Waals surface area (Å²) in [6.07, 6.45) is 0. The minimum Gasteiger partial charge on any atom is -0.350 e. The highest BCUT2D eigenvalue weighted by Crippen LogP contribution is 2.14. The highest BCUT2D eigenvalue weighted by molar-refractivity contribution is 9.10. The number of rotatable bonds is 5. The summed E-state index contributed by atoms with van der Waals surface area (Å²) in [5.74, 6) is -0.564. The largest absolute Gasteiger partial charge is 0.350 e. The van der Waals surface area contributed by atoms with Crippen molar-refractivity contribution in [1.82, 2.24) is 10.6 Å². The standard InChI is InChI=1S/C16H14BrClN2O2/c17-13-7-5-11(6-8-13)16(22)20-10-15(21)19-9-12-3-1-2-4-14(12)18/h1-8H,9-10H2,(H,19,21)(H,20,22). The first kappa shape index (κ1) is 16.5. The molecule has 2 N–H and O–H groups in total. The van der Waals surface area contributed by atoms with E-state index in [0.29, 0.717) is 17.1 Å². The maximum Gasteiger partial charge on any atom is 0.251 e. The number of amides is 2. The molecule has 0 aliphatic carbocycles. The molecule has 0 aliphatic rings. The molecule has 114 valence electrons. The Balaban J connectivity index is 1.79. The Kier molecular flexibility index (Phi) is 5.98. The molecule has 0 spiro atoms. The van der Waals surface area contributed by atoms with E-state index in [-0.39, 0.29) is 18.4 Å². The summed E-state index contributed by atoms with van der Waals surface area (Å²) in [6.45, 7) is 0.242. The summed E-state index contributed by atoms with van der Waals surface area (Å²) in [5.41, 5.74) is 1.33. The van der Waals surface area contributed by atoms with Crippen molar-refractivity contribution in [2.24, 2.45) is 0 Å². The fraction of sp³-hybridized carbons (Fsp3) is 0.125. The molecule has 4 nitrogen and oxygen atoms in total. The monoisotopic (exact) mass is 380 g/mol. The van der Waals surface area contributed by atoms with Gasteiger partial charge in [0.1, 0.15) is 0 Å². The van der Waals surface area contributed by atoms with Crippen LogP contribution in [0.3, 0.4) is 0 Å². The van der Waals surface area contributed by atoms with E-state index < -0.39 is 0 Å². The lowest BCUT2D eigenvalue weighted by Gasteiger charge is -2.08. The molecule has 2 aromatic carbocycles. The zero-order valence-corrected chi connectivity index (χ0v) is 13.9. The normalized spacial score (nSPS) is 10.1. The second-order valence-electron chi connectivity index (χ2n) is 4.56. The van der Waals surface area contributed by atoms with Gasteiger partial charge in [0, 0.05) is 21.6 Å². The van der Waals surface area contributed by atoms with Gasteiger partial charge in [-0.1, -0.05) is 45.7 Å². The van der Waals surface area contributed by atoms with E-state index in [0.717, 1.165) is 10.0 Å². The first-order chi connectivity index (χ1) is 10.6.